The van der Waals surface area contributed by atoms with Crippen LogP contribution in [0.15, 0.2) is 23.1 Å². The van der Waals surface area contributed by atoms with Gasteiger partial charge in [0, 0.05) is 50.9 Å². The minimum atomic E-state index is -3.59. The fraction of sp³-hybridized carbons (Fsp3) is 0.667. The second-order valence-corrected chi connectivity index (χ2v) is 11.4. The van der Waals surface area contributed by atoms with Crippen molar-refractivity contribution >= 4 is 27.6 Å². The summed E-state index contributed by atoms with van der Waals surface area (Å²) in [6.07, 6.45) is 7.26. The Hall–Kier alpha value is -2.13. The number of anilines is 1. The lowest BCUT2D eigenvalue weighted by Crippen LogP contribution is -2.47. The maximum Gasteiger partial charge on any atom is 0.319 e. The Morgan fingerprint density at radius 3 is 2.06 bits per heavy atom. The number of likely N-dealkylation sites (tertiary alicyclic amines) is 2. The summed E-state index contributed by atoms with van der Waals surface area (Å²) in [6, 6.07) is 5.21. The monoisotopic (exact) mass is 476 g/mol. The molecule has 0 bridgehead atoms. The predicted molar refractivity (Wildman–Crippen MR) is 128 cm³/mol. The molecule has 33 heavy (non-hydrogen) atoms. The highest BCUT2D eigenvalue weighted by atomic mass is 32.2. The summed E-state index contributed by atoms with van der Waals surface area (Å²) in [4.78, 5) is 29.5. The van der Waals surface area contributed by atoms with E-state index in [1.54, 1.807) is 29.4 Å². The number of hydrogen-bond donors (Lipinski definition) is 1. The first-order chi connectivity index (χ1) is 15.9. The van der Waals surface area contributed by atoms with E-state index in [-0.39, 0.29) is 22.8 Å². The molecule has 1 aromatic rings. The highest BCUT2D eigenvalue weighted by molar-refractivity contribution is 7.89. The van der Waals surface area contributed by atoms with Crippen molar-refractivity contribution in [1.82, 2.24) is 14.1 Å². The number of amides is 3. The van der Waals surface area contributed by atoms with Crippen LogP contribution < -0.4 is 5.32 Å². The van der Waals surface area contributed by atoms with Crippen LogP contribution in [0.1, 0.15) is 56.9 Å². The van der Waals surface area contributed by atoms with Gasteiger partial charge in [-0.2, -0.15) is 4.31 Å². The number of carbonyl (C=O) groups is 2. The number of carbonyl (C=O) groups excluding carboxylic acids is 2. The van der Waals surface area contributed by atoms with Crippen LogP contribution in [0, 0.1) is 12.8 Å². The lowest BCUT2D eigenvalue weighted by atomic mass is 9.96. The number of benzene rings is 1. The Kier molecular flexibility index (Phi) is 7.58. The number of nitrogens with one attached hydrogen (secondary N) is 1. The van der Waals surface area contributed by atoms with Crippen LogP contribution in [0.2, 0.25) is 0 Å². The molecule has 0 aliphatic carbocycles. The van der Waals surface area contributed by atoms with Gasteiger partial charge in [0.15, 0.2) is 0 Å². The molecule has 0 unspecified atom stereocenters. The second kappa shape index (κ2) is 10.4. The van der Waals surface area contributed by atoms with E-state index in [1.165, 1.54) is 0 Å². The third kappa shape index (κ3) is 5.51. The van der Waals surface area contributed by atoms with Crippen molar-refractivity contribution in [3.8, 4) is 0 Å². The molecule has 0 radical (unpaired) electrons. The number of nitrogens with zero attached hydrogens (tertiary/aromatic N) is 3. The standard InChI is InChI=1S/C24H36N4O4S/c1-19-8-9-21(18-22(19)33(31,32)28-14-4-2-3-5-15-28)25-23(29)20-10-16-27(17-11-20)24(30)26-12-6-7-13-26/h8-9,18,20H,2-7,10-17H2,1H3,(H,25,29). The molecule has 0 spiro atoms. The van der Waals surface area contributed by atoms with Crippen LogP contribution in [0.5, 0.6) is 0 Å². The van der Waals surface area contributed by atoms with Crippen molar-refractivity contribution in [1.29, 1.82) is 0 Å². The van der Waals surface area contributed by atoms with Crippen LogP contribution in [0.4, 0.5) is 10.5 Å². The number of rotatable bonds is 4. The first kappa shape index (κ1) is 24.0. The molecule has 0 atom stereocenters. The average molecular weight is 477 g/mol. The molecule has 9 heteroatoms. The smallest absolute Gasteiger partial charge is 0.319 e. The van der Waals surface area contributed by atoms with E-state index >= 15 is 0 Å². The van der Waals surface area contributed by atoms with Crippen molar-refractivity contribution < 1.29 is 18.0 Å². The van der Waals surface area contributed by atoms with Gasteiger partial charge < -0.3 is 15.1 Å². The SMILES string of the molecule is Cc1ccc(NC(=O)C2CCN(C(=O)N3CCCC3)CC2)cc1S(=O)(=O)N1CCCCCC1. The van der Waals surface area contributed by atoms with Crippen molar-refractivity contribution in [2.45, 2.75) is 63.2 Å². The van der Waals surface area contributed by atoms with Gasteiger partial charge in [-0.15, -0.1) is 0 Å². The van der Waals surface area contributed by atoms with E-state index in [9.17, 15) is 18.0 Å². The summed E-state index contributed by atoms with van der Waals surface area (Å²) < 4.78 is 28.1. The van der Waals surface area contributed by atoms with Crippen LogP contribution in [-0.2, 0) is 14.8 Å². The highest BCUT2D eigenvalue weighted by Gasteiger charge is 2.31. The van der Waals surface area contributed by atoms with Crippen LogP contribution >= 0.6 is 0 Å². The molecule has 1 aromatic carbocycles. The topological polar surface area (TPSA) is 90.0 Å². The van der Waals surface area contributed by atoms with Crippen LogP contribution in [0.3, 0.4) is 0 Å². The number of aryl methyl sites for hydroxylation is 1. The summed E-state index contributed by atoms with van der Waals surface area (Å²) in [5.41, 5.74) is 1.19. The van der Waals surface area contributed by atoms with Gasteiger partial charge in [-0.05, 0) is 63.1 Å². The number of hydrogen-bond acceptors (Lipinski definition) is 4. The first-order valence-corrected chi connectivity index (χ1v) is 13.8. The Morgan fingerprint density at radius 2 is 1.42 bits per heavy atom. The maximum absolute atomic E-state index is 13.3. The summed E-state index contributed by atoms with van der Waals surface area (Å²) in [5, 5.41) is 2.93. The molecule has 3 saturated heterocycles. The number of urea groups is 1. The molecule has 0 aromatic heterocycles. The fourth-order valence-corrected chi connectivity index (χ4v) is 6.83. The van der Waals surface area contributed by atoms with Crippen LogP contribution in [-0.4, -0.2) is 73.7 Å². The summed E-state index contributed by atoms with van der Waals surface area (Å²) >= 11 is 0. The lowest BCUT2D eigenvalue weighted by molar-refractivity contribution is -0.121. The maximum atomic E-state index is 13.3. The third-order valence-corrected chi connectivity index (χ3v) is 9.19. The van der Waals surface area contributed by atoms with E-state index in [2.05, 4.69) is 5.32 Å². The second-order valence-electron chi connectivity index (χ2n) is 9.53. The highest BCUT2D eigenvalue weighted by Crippen LogP contribution is 2.27. The van der Waals surface area contributed by atoms with Gasteiger partial charge in [0.1, 0.15) is 0 Å². The van der Waals surface area contributed by atoms with Crippen LogP contribution in [0.25, 0.3) is 0 Å². The van der Waals surface area contributed by atoms with Crippen molar-refractivity contribution in [3.63, 3.8) is 0 Å². The zero-order valence-electron chi connectivity index (χ0n) is 19.6. The zero-order chi connectivity index (χ0) is 23.4. The summed E-state index contributed by atoms with van der Waals surface area (Å²) in [5.74, 6) is -0.287. The number of sulfonamides is 1. The fourth-order valence-electron chi connectivity index (χ4n) is 5.06. The zero-order valence-corrected chi connectivity index (χ0v) is 20.4. The van der Waals surface area contributed by atoms with Gasteiger partial charge >= 0.3 is 6.03 Å². The lowest BCUT2D eigenvalue weighted by Gasteiger charge is -2.34. The largest absolute Gasteiger partial charge is 0.326 e. The molecule has 8 nitrogen and oxygen atoms in total. The Balaban J connectivity index is 1.38. The quantitative estimate of drug-likeness (QED) is 0.721. The molecule has 0 saturated carbocycles. The van der Waals surface area contributed by atoms with Gasteiger partial charge in [-0.3, -0.25) is 4.79 Å². The van der Waals surface area contributed by atoms with Crippen molar-refractivity contribution in [3.05, 3.63) is 23.8 Å². The molecule has 182 valence electrons. The molecule has 3 fully saturated rings. The predicted octanol–water partition coefficient (Wildman–Crippen LogP) is 3.43. The molecule has 3 heterocycles. The first-order valence-electron chi connectivity index (χ1n) is 12.3. The molecular weight excluding hydrogens is 440 g/mol. The van der Waals surface area contributed by atoms with E-state index < -0.39 is 10.0 Å². The molecule has 3 aliphatic rings. The van der Waals surface area contributed by atoms with Gasteiger partial charge in [0.25, 0.3) is 0 Å². The van der Waals surface area contributed by atoms with Gasteiger partial charge in [-0.1, -0.05) is 18.9 Å². The minimum Gasteiger partial charge on any atom is -0.326 e. The average Bonchev–Trinajstić information content (AvgIpc) is 3.21. The molecule has 3 aliphatic heterocycles. The van der Waals surface area contributed by atoms with E-state index in [1.807, 2.05) is 9.80 Å². The van der Waals surface area contributed by atoms with E-state index in [0.29, 0.717) is 50.3 Å². The Labute approximate surface area is 197 Å². The normalized spacial score (nSPS) is 21.1. The molecule has 1 N–H and O–H groups in total. The van der Waals surface area contributed by atoms with Crippen molar-refractivity contribution in [2.75, 3.05) is 44.6 Å². The Bertz CT molecular complexity index is 959. The van der Waals surface area contributed by atoms with Gasteiger partial charge in [0.2, 0.25) is 15.9 Å². The molecule has 3 amide bonds. The summed E-state index contributed by atoms with van der Waals surface area (Å²) in [7, 11) is -3.59. The number of piperidine rings is 1. The van der Waals surface area contributed by atoms with E-state index in [4.69, 9.17) is 0 Å². The van der Waals surface area contributed by atoms with Gasteiger partial charge in [0.05, 0.1) is 4.90 Å². The Morgan fingerprint density at radius 1 is 0.848 bits per heavy atom. The van der Waals surface area contributed by atoms with E-state index in [0.717, 1.165) is 51.6 Å². The third-order valence-electron chi connectivity index (χ3n) is 7.15. The minimum absolute atomic E-state index is 0.0910. The molecular formula is C24H36N4O4S. The summed E-state index contributed by atoms with van der Waals surface area (Å²) in [6.45, 7) is 5.71. The van der Waals surface area contributed by atoms with Gasteiger partial charge in [-0.25, -0.2) is 13.2 Å². The molecule has 4 rings (SSSR count). The van der Waals surface area contributed by atoms with Crippen molar-refractivity contribution in [2.24, 2.45) is 5.92 Å².